The molecule has 1 atom stereocenters. The predicted molar refractivity (Wildman–Crippen MR) is 107 cm³/mol. The van der Waals surface area contributed by atoms with E-state index in [0.717, 1.165) is 44.2 Å². The van der Waals surface area contributed by atoms with Crippen LogP contribution in [0.5, 0.6) is 0 Å². The summed E-state index contributed by atoms with van der Waals surface area (Å²) < 4.78 is 0. The molecule has 3 rings (SSSR count). The topological polar surface area (TPSA) is 23.6 Å². The molecule has 0 aliphatic carbocycles. The molecule has 138 valence electrons. The van der Waals surface area contributed by atoms with Gasteiger partial charge in [0.25, 0.3) is 0 Å². The van der Waals surface area contributed by atoms with Crippen molar-refractivity contribution in [2.24, 2.45) is 0 Å². The molecule has 1 heterocycles. The monoisotopic (exact) mass is 370 g/mol. The van der Waals surface area contributed by atoms with Crippen molar-refractivity contribution in [3.05, 3.63) is 70.7 Å². The van der Waals surface area contributed by atoms with Gasteiger partial charge in [0.05, 0.1) is 0 Å². The number of halogens is 1. The Morgan fingerprint density at radius 2 is 1.73 bits per heavy atom. The molecule has 1 aliphatic rings. The number of benzene rings is 2. The summed E-state index contributed by atoms with van der Waals surface area (Å²) in [5, 5.41) is 0.772. The SMILES string of the molecule is CC(CC(=O)N1CCCN(Cc2ccc(Cl)cc2)CC1)c1ccccc1. The fourth-order valence-corrected chi connectivity index (χ4v) is 3.64. The van der Waals surface area contributed by atoms with Crippen LogP contribution in [0.1, 0.15) is 36.8 Å². The smallest absolute Gasteiger partial charge is 0.223 e. The third kappa shape index (κ3) is 5.33. The van der Waals surface area contributed by atoms with Crippen molar-refractivity contribution in [1.82, 2.24) is 9.80 Å². The molecule has 3 nitrogen and oxygen atoms in total. The lowest BCUT2D eigenvalue weighted by Crippen LogP contribution is -2.35. The highest BCUT2D eigenvalue weighted by Gasteiger charge is 2.21. The normalized spacial score (nSPS) is 16.9. The van der Waals surface area contributed by atoms with Crippen molar-refractivity contribution < 1.29 is 4.79 Å². The van der Waals surface area contributed by atoms with Gasteiger partial charge in [-0.3, -0.25) is 9.69 Å². The van der Waals surface area contributed by atoms with Crippen LogP contribution >= 0.6 is 11.6 Å². The zero-order valence-corrected chi connectivity index (χ0v) is 16.2. The van der Waals surface area contributed by atoms with Crippen LogP contribution in [-0.2, 0) is 11.3 Å². The van der Waals surface area contributed by atoms with Crippen molar-refractivity contribution in [1.29, 1.82) is 0 Å². The Morgan fingerprint density at radius 3 is 2.46 bits per heavy atom. The molecule has 1 saturated heterocycles. The van der Waals surface area contributed by atoms with Crippen LogP contribution in [0.4, 0.5) is 0 Å². The number of amides is 1. The molecule has 4 heteroatoms. The quantitative estimate of drug-likeness (QED) is 0.769. The average molecular weight is 371 g/mol. The molecule has 0 spiro atoms. The zero-order chi connectivity index (χ0) is 18.4. The minimum atomic E-state index is 0.261. The second-order valence-electron chi connectivity index (χ2n) is 7.15. The fourth-order valence-electron chi connectivity index (χ4n) is 3.52. The Labute approximate surface area is 161 Å². The van der Waals surface area contributed by atoms with Crippen LogP contribution < -0.4 is 0 Å². The van der Waals surface area contributed by atoms with E-state index in [0.29, 0.717) is 6.42 Å². The molecule has 0 N–H and O–H groups in total. The van der Waals surface area contributed by atoms with E-state index in [1.807, 2.05) is 35.2 Å². The lowest BCUT2D eigenvalue weighted by molar-refractivity contribution is -0.131. The van der Waals surface area contributed by atoms with E-state index in [1.54, 1.807) is 0 Å². The first-order valence-electron chi connectivity index (χ1n) is 9.41. The molecule has 0 radical (unpaired) electrons. The van der Waals surface area contributed by atoms with E-state index in [9.17, 15) is 4.79 Å². The van der Waals surface area contributed by atoms with Gasteiger partial charge in [-0.25, -0.2) is 0 Å². The fraction of sp³-hybridized carbons (Fsp3) is 0.409. The Morgan fingerprint density at radius 1 is 1.00 bits per heavy atom. The highest BCUT2D eigenvalue weighted by atomic mass is 35.5. The molecule has 1 fully saturated rings. The highest BCUT2D eigenvalue weighted by molar-refractivity contribution is 6.30. The number of hydrogen-bond donors (Lipinski definition) is 0. The maximum absolute atomic E-state index is 12.7. The summed E-state index contributed by atoms with van der Waals surface area (Å²) in [4.78, 5) is 17.2. The van der Waals surface area contributed by atoms with Gasteiger partial charge in [0.15, 0.2) is 0 Å². The number of carbonyl (C=O) groups is 1. The molecule has 0 saturated carbocycles. The van der Waals surface area contributed by atoms with Crippen LogP contribution in [0.2, 0.25) is 5.02 Å². The van der Waals surface area contributed by atoms with Crippen LogP contribution in [0.3, 0.4) is 0 Å². The van der Waals surface area contributed by atoms with Gasteiger partial charge in [-0.1, -0.05) is 61.0 Å². The molecule has 26 heavy (non-hydrogen) atoms. The van der Waals surface area contributed by atoms with Gasteiger partial charge in [0.1, 0.15) is 0 Å². The molecule has 1 unspecified atom stereocenters. The van der Waals surface area contributed by atoms with E-state index in [-0.39, 0.29) is 11.8 Å². The summed E-state index contributed by atoms with van der Waals surface area (Å²) in [5.74, 6) is 0.534. The third-order valence-electron chi connectivity index (χ3n) is 5.11. The zero-order valence-electron chi connectivity index (χ0n) is 15.4. The summed E-state index contributed by atoms with van der Waals surface area (Å²) in [6.07, 6.45) is 1.61. The van der Waals surface area contributed by atoms with Crippen LogP contribution in [0.15, 0.2) is 54.6 Å². The van der Waals surface area contributed by atoms with Crippen LogP contribution in [-0.4, -0.2) is 41.9 Å². The molecule has 1 aliphatic heterocycles. The molecule has 2 aromatic carbocycles. The largest absolute Gasteiger partial charge is 0.341 e. The van der Waals surface area contributed by atoms with Crippen LogP contribution in [0, 0.1) is 0 Å². The van der Waals surface area contributed by atoms with Crippen molar-refractivity contribution >= 4 is 17.5 Å². The number of rotatable bonds is 5. The molecular weight excluding hydrogens is 344 g/mol. The predicted octanol–water partition coefficient (Wildman–Crippen LogP) is 4.57. The minimum Gasteiger partial charge on any atom is -0.341 e. The first-order chi connectivity index (χ1) is 12.6. The second kappa shape index (κ2) is 9.20. The highest BCUT2D eigenvalue weighted by Crippen LogP contribution is 2.20. The standard InChI is InChI=1S/C22H27ClN2O/c1-18(20-6-3-2-4-7-20)16-22(26)25-13-5-12-24(14-15-25)17-19-8-10-21(23)11-9-19/h2-4,6-11,18H,5,12-17H2,1H3. The Bertz CT molecular complexity index is 702. The number of hydrogen-bond acceptors (Lipinski definition) is 2. The van der Waals surface area contributed by atoms with Gasteiger partial charge in [-0.15, -0.1) is 0 Å². The van der Waals surface area contributed by atoms with Gasteiger partial charge >= 0.3 is 0 Å². The maximum atomic E-state index is 12.7. The van der Waals surface area contributed by atoms with E-state index in [1.165, 1.54) is 11.1 Å². The van der Waals surface area contributed by atoms with Gasteiger partial charge in [-0.2, -0.15) is 0 Å². The van der Waals surface area contributed by atoms with E-state index in [2.05, 4.69) is 36.1 Å². The number of carbonyl (C=O) groups excluding carboxylic acids is 1. The van der Waals surface area contributed by atoms with Crippen molar-refractivity contribution in [3.63, 3.8) is 0 Å². The first kappa shape index (κ1) is 18.9. The number of nitrogens with zero attached hydrogens (tertiary/aromatic N) is 2. The summed E-state index contributed by atoms with van der Waals surface area (Å²) in [6, 6.07) is 18.3. The lowest BCUT2D eigenvalue weighted by atomic mass is 9.97. The van der Waals surface area contributed by atoms with Gasteiger partial charge in [0, 0.05) is 44.2 Å². The summed E-state index contributed by atoms with van der Waals surface area (Å²) >= 11 is 5.96. The lowest BCUT2D eigenvalue weighted by Gasteiger charge is -2.23. The van der Waals surface area contributed by atoms with Crippen LogP contribution in [0.25, 0.3) is 0 Å². The van der Waals surface area contributed by atoms with Gasteiger partial charge in [0.2, 0.25) is 5.91 Å². The summed E-state index contributed by atoms with van der Waals surface area (Å²) in [5.41, 5.74) is 2.51. The van der Waals surface area contributed by atoms with Crippen molar-refractivity contribution in [3.8, 4) is 0 Å². The van der Waals surface area contributed by atoms with Gasteiger partial charge in [-0.05, 0) is 35.6 Å². The van der Waals surface area contributed by atoms with E-state index < -0.39 is 0 Å². The second-order valence-corrected chi connectivity index (χ2v) is 7.59. The van der Waals surface area contributed by atoms with Crippen molar-refractivity contribution in [2.75, 3.05) is 26.2 Å². The molecule has 2 aromatic rings. The third-order valence-corrected chi connectivity index (χ3v) is 5.36. The van der Waals surface area contributed by atoms with E-state index >= 15 is 0 Å². The molecule has 0 aromatic heterocycles. The molecule has 1 amide bonds. The van der Waals surface area contributed by atoms with Crippen molar-refractivity contribution in [2.45, 2.75) is 32.2 Å². The summed E-state index contributed by atoms with van der Waals surface area (Å²) in [7, 11) is 0. The minimum absolute atomic E-state index is 0.261. The Hall–Kier alpha value is -1.84. The summed E-state index contributed by atoms with van der Waals surface area (Å²) in [6.45, 7) is 6.68. The Balaban J connectivity index is 1.51. The van der Waals surface area contributed by atoms with Gasteiger partial charge < -0.3 is 4.90 Å². The average Bonchev–Trinajstić information content (AvgIpc) is 2.90. The first-order valence-corrected chi connectivity index (χ1v) is 9.79. The van der Waals surface area contributed by atoms with E-state index in [4.69, 9.17) is 11.6 Å². The molecule has 0 bridgehead atoms. The maximum Gasteiger partial charge on any atom is 0.223 e. The Kier molecular flexibility index (Phi) is 6.70. The molecular formula is C22H27ClN2O.